The van der Waals surface area contributed by atoms with Crippen molar-refractivity contribution in [1.29, 1.82) is 0 Å². The molecule has 1 aromatic carbocycles. The molecule has 0 amide bonds. The van der Waals surface area contributed by atoms with Gasteiger partial charge < -0.3 is 5.11 Å². The molecule has 7 heteroatoms. The maximum absolute atomic E-state index is 12.6. The zero-order chi connectivity index (χ0) is 14.8. The van der Waals surface area contributed by atoms with Crippen LogP contribution in [-0.2, 0) is 15.8 Å². The molecule has 0 saturated carbocycles. The Morgan fingerprint density at radius 3 is 2.32 bits per heavy atom. The van der Waals surface area contributed by atoms with Crippen molar-refractivity contribution >= 4 is 29.4 Å². The predicted molar refractivity (Wildman–Crippen MR) is 62.7 cm³/mol. The minimum absolute atomic E-state index is 0.0654. The lowest BCUT2D eigenvalue weighted by atomic mass is 10.1. The molecular formula is C12H8ClF3O3. The fraction of sp³-hybridized carbons (Fsp3) is 0.167. The number of carboxylic acids is 1. The number of halogens is 4. The minimum Gasteiger partial charge on any atom is -0.478 e. The normalized spacial score (nSPS) is 12.4. The van der Waals surface area contributed by atoms with E-state index in [1.807, 2.05) is 0 Å². The highest BCUT2D eigenvalue weighted by Crippen LogP contribution is 2.35. The molecule has 0 saturated heterocycles. The summed E-state index contributed by atoms with van der Waals surface area (Å²) in [4.78, 5) is 21.8. The van der Waals surface area contributed by atoms with Gasteiger partial charge in [-0.15, -0.1) is 0 Å². The van der Waals surface area contributed by atoms with Gasteiger partial charge in [0.05, 0.1) is 10.6 Å². The number of ketones is 1. The molecule has 1 aromatic rings. The molecule has 0 bridgehead atoms. The Kier molecular flexibility index (Phi) is 4.36. The number of Topliss-reactive ketones (excluding diaryl/α,β-unsaturated/α-hetero) is 1. The molecule has 3 nitrogen and oxygen atoms in total. The van der Waals surface area contributed by atoms with E-state index in [2.05, 4.69) is 0 Å². The van der Waals surface area contributed by atoms with Gasteiger partial charge in [0.15, 0.2) is 5.78 Å². The van der Waals surface area contributed by atoms with E-state index in [1.165, 1.54) is 6.07 Å². The number of carbonyl (C=O) groups excluding carboxylic acids is 1. The zero-order valence-corrected chi connectivity index (χ0v) is 10.3. The fourth-order valence-electron chi connectivity index (χ4n) is 1.33. The van der Waals surface area contributed by atoms with E-state index in [-0.39, 0.29) is 5.56 Å². The van der Waals surface area contributed by atoms with Crippen LogP contribution in [0.3, 0.4) is 0 Å². The van der Waals surface area contributed by atoms with Crippen LogP contribution in [0.1, 0.15) is 18.1 Å². The van der Waals surface area contributed by atoms with Crippen molar-refractivity contribution in [3.05, 3.63) is 39.9 Å². The number of carbonyl (C=O) groups is 2. The number of rotatable bonds is 3. The van der Waals surface area contributed by atoms with Crippen LogP contribution in [0.2, 0.25) is 5.02 Å². The van der Waals surface area contributed by atoms with Crippen LogP contribution in [0.15, 0.2) is 23.8 Å². The fourth-order valence-corrected chi connectivity index (χ4v) is 1.56. The third-order valence-corrected chi connectivity index (χ3v) is 2.55. The van der Waals surface area contributed by atoms with Crippen molar-refractivity contribution in [2.75, 3.05) is 0 Å². The Bertz CT molecular complexity index is 546. The van der Waals surface area contributed by atoms with Crippen LogP contribution >= 0.6 is 11.6 Å². The van der Waals surface area contributed by atoms with E-state index in [4.69, 9.17) is 16.7 Å². The maximum Gasteiger partial charge on any atom is 0.417 e. The summed E-state index contributed by atoms with van der Waals surface area (Å²) in [6.45, 7) is 1.01. The van der Waals surface area contributed by atoms with Crippen LogP contribution in [-0.4, -0.2) is 16.9 Å². The largest absolute Gasteiger partial charge is 0.478 e. The Labute approximate surface area is 111 Å². The van der Waals surface area contributed by atoms with Crippen molar-refractivity contribution in [1.82, 2.24) is 0 Å². The molecule has 0 fully saturated rings. The third kappa shape index (κ3) is 3.82. The number of hydrogen-bond acceptors (Lipinski definition) is 2. The van der Waals surface area contributed by atoms with Gasteiger partial charge in [0.2, 0.25) is 0 Å². The minimum atomic E-state index is -4.65. The van der Waals surface area contributed by atoms with E-state index in [9.17, 15) is 22.8 Å². The number of aliphatic carboxylic acids is 1. The number of alkyl halides is 3. The number of benzene rings is 1. The molecule has 0 heterocycles. The van der Waals surface area contributed by atoms with Gasteiger partial charge in [0.1, 0.15) is 5.57 Å². The summed E-state index contributed by atoms with van der Waals surface area (Å²) in [6, 6.07) is 2.88. The van der Waals surface area contributed by atoms with Gasteiger partial charge in [-0.2, -0.15) is 13.2 Å². The van der Waals surface area contributed by atoms with Gasteiger partial charge in [0, 0.05) is 0 Å². The molecule has 1 N–H and O–H groups in total. The third-order valence-electron chi connectivity index (χ3n) is 2.22. The van der Waals surface area contributed by atoms with Crippen LogP contribution in [0, 0.1) is 0 Å². The Balaban J connectivity index is 3.34. The first-order valence-electron chi connectivity index (χ1n) is 4.95. The quantitative estimate of drug-likeness (QED) is 0.527. The second-order valence-electron chi connectivity index (χ2n) is 3.66. The lowest BCUT2D eigenvalue weighted by Crippen LogP contribution is -2.09. The molecule has 0 aliphatic heterocycles. The first kappa shape index (κ1) is 15.2. The van der Waals surface area contributed by atoms with Crippen molar-refractivity contribution in [3.63, 3.8) is 0 Å². The Morgan fingerprint density at radius 2 is 1.89 bits per heavy atom. The van der Waals surface area contributed by atoms with Crippen molar-refractivity contribution < 1.29 is 27.9 Å². The van der Waals surface area contributed by atoms with Gasteiger partial charge in [-0.05, 0) is 30.7 Å². The topological polar surface area (TPSA) is 54.4 Å². The van der Waals surface area contributed by atoms with Gasteiger partial charge in [-0.1, -0.05) is 17.7 Å². The predicted octanol–water partition coefficient (Wildman–Crippen LogP) is 3.42. The summed E-state index contributed by atoms with van der Waals surface area (Å²) in [7, 11) is 0. The first-order valence-corrected chi connectivity index (χ1v) is 5.33. The van der Waals surface area contributed by atoms with E-state index in [0.29, 0.717) is 6.07 Å². The maximum atomic E-state index is 12.6. The summed E-state index contributed by atoms with van der Waals surface area (Å²) < 4.78 is 37.8. The van der Waals surface area contributed by atoms with Gasteiger partial charge in [0.25, 0.3) is 0 Å². The van der Waals surface area contributed by atoms with Crippen molar-refractivity contribution in [2.45, 2.75) is 13.1 Å². The van der Waals surface area contributed by atoms with Crippen LogP contribution < -0.4 is 0 Å². The molecular weight excluding hydrogens is 285 g/mol. The van der Waals surface area contributed by atoms with Crippen molar-refractivity contribution in [2.24, 2.45) is 0 Å². The molecule has 102 valence electrons. The lowest BCUT2D eigenvalue weighted by molar-refractivity contribution is -0.137. The van der Waals surface area contributed by atoms with E-state index in [0.717, 1.165) is 19.1 Å². The molecule has 1 rings (SSSR count). The summed E-state index contributed by atoms with van der Waals surface area (Å²) >= 11 is 5.42. The van der Waals surface area contributed by atoms with E-state index >= 15 is 0 Å². The highest BCUT2D eigenvalue weighted by atomic mass is 35.5. The standard InChI is InChI=1S/C12H8ClF3O3/c1-6(17)8(11(18)19)4-7-2-3-10(13)9(5-7)12(14,15)16/h2-5H,1H3,(H,18,19). The van der Waals surface area contributed by atoms with Crippen LogP contribution in [0.5, 0.6) is 0 Å². The molecule has 19 heavy (non-hydrogen) atoms. The second kappa shape index (κ2) is 5.44. The molecule has 0 aliphatic carbocycles. The molecule has 0 aliphatic rings. The summed E-state index contributed by atoms with van der Waals surface area (Å²) in [5.41, 5.74) is -1.75. The summed E-state index contributed by atoms with van der Waals surface area (Å²) in [5, 5.41) is 8.26. The zero-order valence-electron chi connectivity index (χ0n) is 9.58. The second-order valence-corrected chi connectivity index (χ2v) is 4.06. The average Bonchev–Trinajstić information content (AvgIpc) is 2.25. The van der Waals surface area contributed by atoms with Crippen molar-refractivity contribution in [3.8, 4) is 0 Å². The van der Waals surface area contributed by atoms with Crippen LogP contribution in [0.25, 0.3) is 6.08 Å². The smallest absolute Gasteiger partial charge is 0.417 e. The Morgan fingerprint density at radius 1 is 1.32 bits per heavy atom. The molecule has 0 atom stereocenters. The highest BCUT2D eigenvalue weighted by molar-refractivity contribution is 6.31. The molecule has 0 radical (unpaired) electrons. The number of hydrogen-bond donors (Lipinski definition) is 1. The monoisotopic (exact) mass is 292 g/mol. The number of carboxylic acid groups (broad SMARTS) is 1. The van der Waals surface area contributed by atoms with E-state index in [1.54, 1.807) is 0 Å². The first-order chi connectivity index (χ1) is 8.62. The Hall–Kier alpha value is -1.82. The van der Waals surface area contributed by atoms with E-state index < -0.39 is 34.1 Å². The van der Waals surface area contributed by atoms with Gasteiger partial charge in [-0.3, -0.25) is 4.79 Å². The lowest BCUT2D eigenvalue weighted by Gasteiger charge is -2.09. The van der Waals surface area contributed by atoms with Gasteiger partial charge >= 0.3 is 12.1 Å². The average molecular weight is 293 g/mol. The summed E-state index contributed by atoms with van der Waals surface area (Å²) in [5.74, 6) is -2.26. The molecule has 0 aromatic heterocycles. The SMILES string of the molecule is CC(=O)C(=Cc1ccc(Cl)c(C(F)(F)F)c1)C(=O)O. The van der Waals surface area contributed by atoms with Crippen LogP contribution in [0.4, 0.5) is 13.2 Å². The summed E-state index contributed by atoms with van der Waals surface area (Å²) in [6.07, 6.45) is -3.78. The highest BCUT2D eigenvalue weighted by Gasteiger charge is 2.33. The molecule has 0 spiro atoms. The van der Waals surface area contributed by atoms with Gasteiger partial charge in [-0.25, -0.2) is 4.79 Å². The molecule has 0 unspecified atom stereocenters.